The Morgan fingerprint density at radius 2 is 1.92 bits per heavy atom. The van der Waals surface area contributed by atoms with E-state index in [4.69, 9.17) is 14.2 Å². The number of esters is 1. The molecule has 2 heterocycles. The van der Waals surface area contributed by atoms with Gasteiger partial charge in [-0.1, -0.05) is 6.07 Å². The molecule has 6 heteroatoms. The average Bonchev–Trinajstić information content (AvgIpc) is 3.23. The van der Waals surface area contributed by atoms with Crippen LogP contribution in [-0.2, 0) is 11.3 Å². The van der Waals surface area contributed by atoms with Gasteiger partial charge in [0.25, 0.3) is 0 Å². The monoisotopic (exact) mass is 342 g/mol. The van der Waals surface area contributed by atoms with E-state index in [-0.39, 0.29) is 12.4 Å². The summed E-state index contributed by atoms with van der Waals surface area (Å²) in [5.41, 5.74) is 2.54. The van der Waals surface area contributed by atoms with Crippen molar-refractivity contribution in [2.24, 2.45) is 0 Å². The van der Waals surface area contributed by atoms with E-state index in [0.717, 1.165) is 21.2 Å². The lowest BCUT2D eigenvalue weighted by molar-refractivity contribution is 0.0535. The summed E-state index contributed by atoms with van der Waals surface area (Å²) in [5, 5.41) is 13.1. The van der Waals surface area contributed by atoms with Gasteiger partial charge in [-0.05, 0) is 29.1 Å². The van der Waals surface area contributed by atoms with E-state index in [2.05, 4.69) is 0 Å². The number of rotatable bonds is 3. The summed E-state index contributed by atoms with van der Waals surface area (Å²) >= 11 is 1.47. The van der Waals surface area contributed by atoms with Gasteiger partial charge in [-0.25, -0.2) is 4.79 Å². The summed E-state index contributed by atoms with van der Waals surface area (Å²) in [6.45, 7) is 0.0894. The highest BCUT2D eigenvalue weighted by Crippen LogP contribution is 2.47. The molecule has 0 amide bonds. The van der Waals surface area contributed by atoms with Crippen LogP contribution in [0.25, 0.3) is 21.2 Å². The van der Waals surface area contributed by atoms with E-state index in [1.165, 1.54) is 11.3 Å². The van der Waals surface area contributed by atoms with E-state index in [1.807, 2.05) is 23.6 Å². The van der Waals surface area contributed by atoms with Gasteiger partial charge in [0, 0.05) is 21.2 Å². The largest absolute Gasteiger partial charge is 0.507 e. The molecule has 0 fully saturated rings. The Morgan fingerprint density at radius 1 is 1.12 bits per heavy atom. The number of carbonyl (C=O) groups excluding carboxylic acids is 1. The number of cyclic esters (lactones) is 1. The zero-order chi connectivity index (χ0) is 16.8. The third-order valence-corrected chi connectivity index (χ3v) is 5.14. The van der Waals surface area contributed by atoms with Crippen LogP contribution in [0.1, 0.15) is 15.9 Å². The number of fused-ring (bicyclic) bond motifs is 2. The van der Waals surface area contributed by atoms with E-state index in [1.54, 1.807) is 20.3 Å². The molecule has 122 valence electrons. The molecule has 0 saturated carbocycles. The molecule has 5 nitrogen and oxygen atoms in total. The fourth-order valence-corrected chi connectivity index (χ4v) is 4.05. The summed E-state index contributed by atoms with van der Waals surface area (Å²) in [5.74, 6) is 0.895. The molecule has 1 aromatic heterocycles. The zero-order valence-corrected chi connectivity index (χ0v) is 13.9. The lowest BCUT2D eigenvalue weighted by Gasteiger charge is -2.13. The topological polar surface area (TPSA) is 65.0 Å². The first-order chi connectivity index (χ1) is 11.7. The van der Waals surface area contributed by atoms with Gasteiger partial charge >= 0.3 is 5.97 Å². The smallest absolute Gasteiger partial charge is 0.339 e. The summed E-state index contributed by atoms with van der Waals surface area (Å²) in [4.78, 5) is 12.3. The molecular weight excluding hydrogens is 328 g/mol. The number of hydrogen-bond acceptors (Lipinski definition) is 6. The Kier molecular flexibility index (Phi) is 3.35. The number of phenols is 1. The maximum atomic E-state index is 12.3. The van der Waals surface area contributed by atoms with Crippen LogP contribution in [0.2, 0.25) is 0 Å². The van der Waals surface area contributed by atoms with Crippen LogP contribution in [0.3, 0.4) is 0 Å². The number of hydrogen-bond donors (Lipinski definition) is 1. The van der Waals surface area contributed by atoms with Gasteiger partial charge in [0.2, 0.25) is 0 Å². The minimum atomic E-state index is -0.416. The van der Waals surface area contributed by atoms with Crippen LogP contribution >= 0.6 is 11.3 Å². The van der Waals surface area contributed by atoms with Gasteiger partial charge in [-0.3, -0.25) is 0 Å². The van der Waals surface area contributed by atoms with Crippen LogP contribution in [0.4, 0.5) is 0 Å². The maximum absolute atomic E-state index is 12.3. The standard InChI is InChI=1S/C18H14O5S/c1-21-12-4-3-9(7-13(12)22-2)14-15-11(8-23-18(15)20)16(19)10-5-6-24-17(10)14/h3-7,19H,8H2,1-2H3. The second kappa shape index (κ2) is 5.42. The van der Waals surface area contributed by atoms with Crippen molar-refractivity contribution in [3.8, 4) is 28.4 Å². The summed E-state index contributed by atoms with van der Waals surface area (Å²) in [7, 11) is 3.14. The number of phenolic OH excluding ortho intramolecular Hbond substituents is 1. The fourth-order valence-electron chi connectivity index (χ4n) is 3.08. The highest BCUT2D eigenvalue weighted by atomic mass is 32.1. The van der Waals surface area contributed by atoms with Gasteiger partial charge in [0.05, 0.1) is 19.8 Å². The predicted octanol–water partition coefficient (Wildman–Crippen LogP) is 3.96. The minimum Gasteiger partial charge on any atom is -0.507 e. The highest BCUT2D eigenvalue weighted by molar-refractivity contribution is 7.17. The van der Waals surface area contributed by atoms with Gasteiger partial charge in [0.1, 0.15) is 12.4 Å². The Balaban J connectivity index is 2.07. The number of aromatic hydroxyl groups is 1. The van der Waals surface area contributed by atoms with Crippen LogP contribution < -0.4 is 9.47 Å². The van der Waals surface area contributed by atoms with E-state index >= 15 is 0 Å². The quantitative estimate of drug-likeness (QED) is 0.730. The van der Waals surface area contributed by atoms with Crippen molar-refractivity contribution >= 4 is 27.4 Å². The first-order valence-electron chi connectivity index (χ1n) is 7.30. The third kappa shape index (κ3) is 1.96. The van der Waals surface area contributed by atoms with Gasteiger partial charge in [0.15, 0.2) is 11.5 Å². The molecule has 24 heavy (non-hydrogen) atoms. The number of carbonyl (C=O) groups is 1. The molecule has 0 aliphatic carbocycles. The molecule has 3 aromatic rings. The molecule has 2 aromatic carbocycles. The van der Waals surface area contributed by atoms with Gasteiger partial charge in [-0.15, -0.1) is 11.3 Å². The first kappa shape index (κ1) is 14.8. The van der Waals surface area contributed by atoms with E-state index < -0.39 is 5.97 Å². The number of methoxy groups -OCH3 is 2. The van der Waals surface area contributed by atoms with Crippen molar-refractivity contribution in [2.75, 3.05) is 14.2 Å². The highest BCUT2D eigenvalue weighted by Gasteiger charge is 2.32. The summed E-state index contributed by atoms with van der Waals surface area (Å²) in [6.07, 6.45) is 0. The lowest BCUT2D eigenvalue weighted by Crippen LogP contribution is -1.99. The molecule has 0 saturated heterocycles. The number of thiophene rings is 1. The Labute approximate surface area is 142 Å². The lowest BCUT2D eigenvalue weighted by atomic mass is 9.94. The average molecular weight is 342 g/mol. The molecule has 0 atom stereocenters. The molecule has 0 unspecified atom stereocenters. The summed E-state index contributed by atoms with van der Waals surface area (Å²) in [6, 6.07) is 7.35. The van der Waals surface area contributed by atoms with Crippen LogP contribution in [0.5, 0.6) is 17.2 Å². The first-order valence-corrected chi connectivity index (χ1v) is 8.18. The SMILES string of the molecule is COc1ccc(-c2c3c(c(O)c4ccsc24)COC3=O)cc1OC. The Morgan fingerprint density at radius 3 is 2.67 bits per heavy atom. The third-order valence-electron chi connectivity index (χ3n) is 4.21. The van der Waals surface area contributed by atoms with Crippen molar-refractivity contribution < 1.29 is 24.1 Å². The zero-order valence-electron chi connectivity index (χ0n) is 13.1. The number of benzene rings is 2. The van der Waals surface area contributed by atoms with E-state index in [0.29, 0.717) is 22.6 Å². The Hall–Kier alpha value is -2.73. The van der Waals surface area contributed by atoms with E-state index in [9.17, 15) is 9.90 Å². The van der Waals surface area contributed by atoms with Gasteiger partial charge < -0.3 is 19.3 Å². The molecule has 1 aliphatic heterocycles. The molecular formula is C18H14O5S. The normalized spacial score (nSPS) is 13.0. The predicted molar refractivity (Wildman–Crippen MR) is 91.1 cm³/mol. The van der Waals surface area contributed by atoms with Crippen molar-refractivity contribution in [3.05, 3.63) is 40.8 Å². The second-order valence-corrected chi connectivity index (χ2v) is 6.30. The molecule has 4 rings (SSSR count). The van der Waals surface area contributed by atoms with Crippen molar-refractivity contribution in [1.82, 2.24) is 0 Å². The van der Waals surface area contributed by atoms with Crippen LogP contribution in [0.15, 0.2) is 29.6 Å². The number of ether oxygens (including phenoxy) is 3. The molecule has 0 bridgehead atoms. The second-order valence-electron chi connectivity index (χ2n) is 5.39. The van der Waals surface area contributed by atoms with Crippen LogP contribution in [0, 0.1) is 0 Å². The molecule has 1 N–H and O–H groups in total. The van der Waals surface area contributed by atoms with Crippen molar-refractivity contribution in [3.63, 3.8) is 0 Å². The molecule has 1 aliphatic rings. The fraction of sp³-hybridized carbons (Fsp3) is 0.167. The maximum Gasteiger partial charge on any atom is 0.339 e. The molecule has 0 radical (unpaired) electrons. The minimum absolute atomic E-state index is 0.0894. The van der Waals surface area contributed by atoms with Crippen molar-refractivity contribution in [1.29, 1.82) is 0 Å². The van der Waals surface area contributed by atoms with Crippen LogP contribution in [-0.4, -0.2) is 25.3 Å². The molecule has 0 spiro atoms. The summed E-state index contributed by atoms with van der Waals surface area (Å²) < 4.78 is 16.7. The van der Waals surface area contributed by atoms with Crippen molar-refractivity contribution in [2.45, 2.75) is 6.61 Å². The van der Waals surface area contributed by atoms with Gasteiger partial charge in [-0.2, -0.15) is 0 Å². The Bertz CT molecular complexity index is 973.